The molecule has 28 heavy (non-hydrogen) atoms. The Labute approximate surface area is 169 Å². The van der Waals surface area contributed by atoms with E-state index in [1.54, 1.807) is 0 Å². The number of aliphatic hydroxyl groups is 1. The van der Waals surface area contributed by atoms with Crippen molar-refractivity contribution in [1.82, 2.24) is 4.90 Å². The molecule has 2 saturated carbocycles. The van der Waals surface area contributed by atoms with Crippen LogP contribution in [0.25, 0.3) is 0 Å². The molecule has 1 saturated heterocycles. The number of hydrogen-bond acceptors (Lipinski definition) is 4. The maximum Gasteiger partial charge on any atom is 0.343 e. The van der Waals surface area contributed by atoms with Crippen molar-refractivity contribution in [1.29, 1.82) is 0 Å². The van der Waals surface area contributed by atoms with Gasteiger partial charge < -0.3 is 14.7 Å². The minimum atomic E-state index is -1.52. The molecule has 4 nitrogen and oxygen atoms in total. The third kappa shape index (κ3) is 3.86. The van der Waals surface area contributed by atoms with Crippen LogP contribution >= 0.6 is 0 Å². The lowest BCUT2D eigenvalue weighted by molar-refractivity contribution is -0.184. The molecule has 3 fully saturated rings. The van der Waals surface area contributed by atoms with Crippen LogP contribution in [0.2, 0.25) is 0 Å². The van der Waals surface area contributed by atoms with Crippen LogP contribution in [-0.4, -0.2) is 41.2 Å². The van der Waals surface area contributed by atoms with Gasteiger partial charge >= 0.3 is 5.97 Å². The number of nitrogens with zero attached hydrogens (tertiary/aromatic N) is 1. The maximum atomic E-state index is 13.4. The molecule has 2 aliphatic carbocycles. The first-order chi connectivity index (χ1) is 13.6. The minimum absolute atomic E-state index is 0.0457. The number of likely N-dealkylation sites (tertiary alicyclic amines) is 1. The standard InChI is InChI=1S/C24H35NO3/c1-18-13-14-21(25-15-7-8-16-25)17-22(18)28-23(26)24(27,20-11-5-6-12-20)19-9-3-2-4-10-19/h2-4,9-10,18,20-22,27H,5-8,11-17H2,1H3/t18?,21?,22?,24-/m0/s1. The first-order valence-corrected chi connectivity index (χ1v) is 11.3. The Hall–Kier alpha value is -1.39. The topological polar surface area (TPSA) is 49.8 Å². The zero-order valence-electron chi connectivity index (χ0n) is 17.2. The van der Waals surface area contributed by atoms with Crippen molar-refractivity contribution in [2.45, 2.75) is 82.5 Å². The summed E-state index contributed by atoms with van der Waals surface area (Å²) in [5.41, 5.74) is -0.829. The van der Waals surface area contributed by atoms with Gasteiger partial charge in [-0.3, -0.25) is 0 Å². The van der Waals surface area contributed by atoms with Crippen molar-refractivity contribution in [3.8, 4) is 0 Å². The van der Waals surface area contributed by atoms with Crippen molar-refractivity contribution in [2.75, 3.05) is 13.1 Å². The van der Waals surface area contributed by atoms with Gasteiger partial charge in [0, 0.05) is 18.4 Å². The van der Waals surface area contributed by atoms with Crippen molar-refractivity contribution in [3.63, 3.8) is 0 Å². The number of carbonyl (C=O) groups excluding carboxylic acids is 1. The Bertz CT molecular complexity index is 651. The average Bonchev–Trinajstić information content (AvgIpc) is 3.44. The Balaban J connectivity index is 1.51. The fourth-order valence-corrected chi connectivity index (χ4v) is 5.65. The van der Waals surface area contributed by atoms with Gasteiger partial charge in [-0.05, 0) is 63.1 Å². The highest BCUT2D eigenvalue weighted by molar-refractivity contribution is 5.81. The van der Waals surface area contributed by atoms with E-state index in [0.717, 1.165) is 38.5 Å². The summed E-state index contributed by atoms with van der Waals surface area (Å²) in [4.78, 5) is 16.0. The summed E-state index contributed by atoms with van der Waals surface area (Å²) < 4.78 is 6.11. The lowest BCUT2D eigenvalue weighted by Crippen LogP contribution is -2.48. The maximum absolute atomic E-state index is 13.4. The zero-order valence-corrected chi connectivity index (χ0v) is 17.2. The highest BCUT2D eigenvalue weighted by atomic mass is 16.6. The van der Waals surface area contributed by atoms with Crippen LogP contribution in [0.3, 0.4) is 0 Å². The molecule has 1 aromatic rings. The predicted molar refractivity (Wildman–Crippen MR) is 110 cm³/mol. The number of benzene rings is 1. The first kappa shape index (κ1) is 19.9. The molecule has 0 spiro atoms. The van der Waals surface area contributed by atoms with Gasteiger partial charge in [-0.1, -0.05) is 50.1 Å². The van der Waals surface area contributed by atoms with Gasteiger partial charge in [-0.15, -0.1) is 0 Å². The normalized spacial score (nSPS) is 31.6. The van der Waals surface area contributed by atoms with Crippen LogP contribution in [0, 0.1) is 11.8 Å². The summed E-state index contributed by atoms with van der Waals surface area (Å²) >= 11 is 0. The summed E-state index contributed by atoms with van der Waals surface area (Å²) in [5.74, 6) is -0.119. The lowest BCUT2D eigenvalue weighted by Gasteiger charge is -2.40. The molecule has 3 aliphatic rings. The molecular weight excluding hydrogens is 350 g/mol. The Morgan fingerprint density at radius 1 is 1.04 bits per heavy atom. The van der Waals surface area contributed by atoms with E-state index in [1.165, 1.54) is 32.4 Å². The van der Waals surface area contributed by atoms with E-state index in [1.807, 2.05) is 30.3 Å². The number of esters is 1. The summed E-state index contributed by atoms with van der Waals surface area (Å²) in [5, 5.41) is 11.7. The van der Waals surface area contributed by atoms with Gasteiger partial charge in [0.05, 0.1) is 0 Å². The van der Waals surface area contributed by atoms with Crippen molar-refractivity contribution >= 4 is 5.97 Å². The quantitative estimate of drug-likeness (QED) is 0.770. The third-order valence-electron chi connectivity index (χ3n) is 7.48. The second-order valence-electron chi connectivity index (χ2n) is 9.24. The van der Waals surface area contributed by atoms with Gasteiger partial charge in [-0.25, -0.2) is 4.79 Å². The fourth-order valence-electron chi connectivity index (χ4n) is 5.65. The highest BCUT2D eigenvalue weighted by Gasteiger charge is 2.49. The molecule has 3 unspecified atom stereocenters. The molecule has 4 rings (SSSR count). The van der Waals surface area contributed by atoms with Crippen LogP contribution in [-0.2, 0) is 15.1 Å². The summed E-state index contributed by atoms with van der Waals surface area (Å²) in [6, 6.07) is 9.99. The Morgan fingerprint density at radius 3 is 2.39 bits per heavy atom. The van der Waals surface area contributed by atoms with Crippen LogP contribution in [0.4, 0.5) is 0 Å². The molecular formula is C24H35NO3. The van der Waals surface area contributed by atoms with Gasteiger partial charge in [-0.2, -0.15) is 0 Å². The monoisotopic (exact) mass is 385 g/mol. The summed E-state index contributed by atoms with van der Waals surface area (Å²) in [6.45, 7) is 4.54. The smallest absolute Gasteiger partial charge is 0.343 e. The third-order valence-corrected chi connectivity index (χ3v) is 7.48. The average molecular weight is 386 g/mol. The van der Waals surface area contributed by atoms with Gasteiger partial charge in [0.1, 0.15) is 6.10 Å². The summed E-state index contributed by atoms with van der Waals surface area (Å²) in [6.07, 6.45) is 9.58. The lowest BCUT2D eigenvalue weighted by atomic mass is 9.79. The zero-order chi connectivity index (χ0) is 19.6. The molecule has 154 valence electrons. The van der Waals surface area contributed by atoms with E-state index in [4.69, 9.17) is 4.74 Å². The number of ether oxygens (including phenoxy) is 1. The van der Waals surface area contributed by atoms with E-state index in [0.29, 0.717) is 17.5 Å². The van der Waals surface area contributed by atoms with E-state index >= 15 is 0 Å². The van der Waals surface area contributed by atoms with E-state index in [2.05, 4.69) is 11.8 Å². The number of hydrogen-bond donors (Lipinski definition) is 1. The van der Waals surface area contributed by atoms with Crippen molar-refractivity contribution in [3.05, 3.63) is 35.9 Å². The van der Waals surface area contributed by atoms with E-state index in [-0.39, 0.29) is 12.0 Å². The number of carbonyl (C=O) groups is 1. The van der Waals surface area contributed by atoms with Crippen LogP contribution < -0.4 is 0 Å². The van der Waals surface area contributed by atoms with E-state index < -0.39 is 11.6 Å². The molecule has 1 aliphatic heterocycles. The van der Waals surface area contributed by atoms with Gasteiger partial charge in [0.25, 0.3) is 0 Å². The van der Waals surface area contributed by atoms with Crippen molar-refractivity contribution in [2.24, 2.45) is 11.8 Å². The Morgan fingerprint density at radius 2 is 1.71 bits per heavy atom. The number of rotatable bonds is 5. The summed E-state index contributed by atoms with van der Waals surface area (Å²) in [7, 11) is 0. The molecule has 4 heteroatoms. The second-order valence-corrected chi connectivity index (χ2v) is 9.24. The minimum Gasteiger partial charge on any atom is -0.460 e. The predicted octanol–water partition coefficient (Wildman–Crippen LogP) is 4.26. The Kier molecular flexibility index (Phi) is 6.07. The highest BCUT2D eigenvalue weighted by Crippen LogP contribution is 2.42. The molecule has 0 bridgehead atoms. The second kappa shape index (κ2) is 8.54. The largest absolute Gasteiger partial charge is 0.460 e. The van der Waals surface area contributed by atoms with Crippen molar-refractivity contribution < 1.29 is 14.6 Å². The molecule has 1 heterocycles. The van der Waals surface area contributed by atoms with Crippen LogP contribution in [0.1, 0.15) is 70.3 Å². The molecule has 0 amide bonds. The van der Waals surface area contributed by atoms with E-state index in [9.17, 15) is 9.90 Å². The van der Waals surface area contributed by atoms with Crippen LogP contribution in [0.5, 0.6) is 0 Å². The fraction of sp³-hybridized carbons (Fsp3) is 0.708. The SMILES string of the molecule is CC1CCC(N2CCCC2)CC1OC(=O)[C@](O)(c1ccccc1)C1CCCC1. The van der Waals surface area contributed by atoms with Gasteiger partial charge in [0.2, 0.25) is 0 Å². The van der Waals surface area contributed by atoms with Crippen LogP contribution in [0.15, 0.2) is 30.3 Å². The molecule has 1 aromatic carbocycles. The molecule has 1 N–H and O–H groups in total. The molecule has 4 atom stereocenters. The first-order valence-electron chi connectivity index (χ1n) is 11.3. The molecule has 0 aromatic heterocycles. The van der Waals surface area contributed by atoms with Gasteiger partial charge in [0.15, 0.2) is 5.60 Å². The molecule has 0 radical (unpaired) electrons.